The quantitative estimate of drug-likeness (QED) is 0.751. The summed E-state index contributed by atoms with van der Waals surface area (Å²) in [7, 11) is -3.49. The number of hydrogen-bond donors (Lipinski definition) is 0. The van der Waals surface area contributed by atoms with Gasteiger partial charge < -0.3 is 14.4 Å². The fourth-order valence-corrected chi connectivity index (χ4v) is 5.31. The molecule has 4 rings (SSSR count). The van der Waals surface area contributed by atoms with Gasteiger partial charge >= 0.3 is 0 Å². The third-order valence-electron chi connectivity index (χ3n) is 5.38. The van der Waals surface area contributed by atoms with Crippen molar-refractivity contribution in [1.29, 1.82) is 0 Å². The Hall–Kier alpha value is -1.57. The van der Waals surface area contributed by atoms with Crippen molar-refractivity contribution in [3.8, 4) is 11.5 Å². The van der Waals surface area contributed by atoms with E-state index in [1.165, 1.54) is 12.8 Å². The Labute approximate surface area is 155 Å². The monoisotopic (exact) mass is 378 g/mol. The summed E-state index contributed by atoms with van der Waals surface area (Å²) in [4.78, 5) is 2.69. The molecule has 0 bridgehead atoms. The van der Waals surface area contributed by atoms with Gasteiger partial charge in [0.05, 0.1) is 4.90 Å². The zero-order valence-electron chi connectivity index (χ0n) is 15.0. The first-order valence-electron chi connectivity index (χ1n) is 9.40. The number of hydrogen-bond acceptors (Lipinski definition) is 5. The van der Waals surface area contributed by atoms with Gasteiger partial charge in [-0.25, -0.2) is 8.42 Å². The van der Waals surface area contributed by atoms with E-state index < -0.39 is 10.0 Å². The van der Waals surface area contributed by atoms with E-state index in [0.29, 0.717) is 43.7 Å². The second-order valence-corrected chi connectivity index (χ2v) is 9.10. The molecule has 0 N–H and O–H groups in total. The van der Waals surface area contributed by atoms with Crippen LogP contribution in [-0.4, -0.2) is 63.6 Å². The Balaban J connectivity index is 1.39. The summed E-state index contributed by atoms with van der Waals surface area (Å²) >= 11 is 0. The lowest BCUT2D eigenvalue weighted by atomic mass is 9.94. The summed E-state index contributed by atoms with van der Waals surface area (Å²) in [5.74, 6) is 1.84. The van der Waals surface area contributed by atoms with Crippen LogP contribution in [-0.2, 0) is 10.0 Å². The van der Waals surface area contributed by atoms with Gasteiger partial charge in [0.1, 0.15) is 13.2 Å². The molecule has 1 fully saturated rings. The van der Waals surface area contributed by atoms with Crippen LogP contribution < -0.4 is 9.47 Å². The van der Waals surface area contributed by atoms with E-state index in [1.807, 2.05) is 0 Å². The average Bonchev–Trinajstić information content (AvgIpc) is 2.69. The van der Waals surface area contributed by atoms with Crippen molar-refractivity contribution in [3.05, 3.63) is 30.4 Å². The first-order chi connectivity index (χ1) is 12.6. The Kier molecular flexibility index (Phi) is 5.20. The molecule has 0 amide bonds. The van der Waals surface area contributed by atoms with E-state index in [-0.39, 0.29) is 4.90 Å². The Morgan fingerprint density at radius 2 is 1.77 bits per heavy atom. The summed E-state index contributed by atoms with van der Waals surface area (Å²) in [6.45, 7) is 4.69. The van der Waals surface area contributed by atoms with Gasteiger partial charge in [-0.2, -0.15) is 4.31 Å². The highest BCUT2D eigenvalue weighted by molar-refractivity contribution is 7.89. The third kappa shape index (κ3) is 3.75. The zero-order chi connectivity index (χ0) is 18.0. The topological polar surface area (TPSA) is 59.1 Å². The lowest BCUT2D eigenvalue weighted by molar-refractivity contribution is 0.160. The predicted molar refractivity (Wildman–Crippen MR) is 99.1 cm³/mol. The maximum atomic E-state index is 13.0. The molecule has 2 heterocycles. The second-order valence-electron chi connectivity index (χ2n) is 7.16. The molecule has 0 saturated carbocycles. The second kappa shape index (κ2) is 7.58. The molecule has 1 saturated heterocycles. The molecule has 1 unspecified atom stereocenters. The maximum absolute atomic E-state index is 13.0. The Bertz CT molecular complexity index is 770. The molecule has 7 heteroatoms. The zero-order valence-corrected chi connectivity index (χ0v) is 15.8. The van der Waals surface area contributed by atoms with Crippen molar-refractivity contribution in [2.24, 2.45) is 5.92 Å². The van der Waals surface area contributed by atoms with Crippen molar-refractivity contribution >= 4 is 10.0 Å². The highest BCUT2D eigenvalue weighted by atomic mass is 32.2. The van der Waals surface area contributed by atoms with Crippen LogP contribution in [0.2, 0.25) is 0 Å². The van der Waals surface area contributed by atoms with E-state index >= 15 is 0 Å². The van der Waals surface area contributed by atoms with Gasteiger partial charge in [-0.1, -0.05) is 12.2 Å². The molecule has 26 heavy (non-hydrogen) atoms. The number of ether oxygens (including phenoxy) is 2. The number of rotatable bonds is 4. The van der Waals surface area contributed by atoms with E-state index in [9.17, 15) is 8.42 Å². The summed E-state index contributed by atoms with van der Waals surface area (Å²) in [5.41, 5.74) is 0. The van der Waals surface area contributed by atoms with E-state index in [2.05, 4.69) is 17.1 Å². The minimum atomic E-state index is -3.49. The number of sulfonamides is 1. The number of benzene rings is 1. The number of fused-ring (bicyclic) bond motifs is 1. The van der Waals surface area contributed by atoms with Crippen molar-refractivity contribution in [2.75, 3.05) is 45.9 Å². The van der Waals surface area contributed by atoms with Crippen LogP contribution in [0, 0.1) is 5.92 Å². The minimum Gasteiger partial charge on any atom is -0.486 e. The average molecular weight is 378 g/mol. The van der Waals surface area contributed by atoms with Crippen LogP contribution in [0.5, 0.6) is 11.5 Å². The minimum absolute atomic E-state index is 0.285. The molecule has 1 aromatic rings. The van der Waals surface area contributed by atoms with Crippen LogP contribution >= 0.6 is 0 Å². The predicted octanol–water partition coefficient (Wildman–Crippen LogP) is 2.12. The lowest BCUT2D eigenvalue weighted by Crippen LogP contribution is -2.49. The largest absolute Gasteiger partial charge is 0.486 e. The van der Waals surface area contributed by atoms with Gasteiger partial charge in [-0.15, -0.1) is 0 Å². The van der Waals surface area contributed by atoms with Crippen LogP contribution in [0.3, 0.4) is 0 Å². The summed E-state index contributed by atoms with van der Waals surface area (Å²) in [6, 6.07) is 4.89. The van der Waals surface area contributed by atoms with Crippen LogP contribution in [0.25, 0.3) is 0 Å². The molecule has 0 spiro atoms. The van der Waals surface area contributed by atoms with Gasteiger partial charge in [-0.05, 0) is 37.3 Å². The molecule has 1 atom stereocenters. The first-order valence-corrected chi connectivity index (χ1v) is 10.8. The van der Waals surface area contributed by atoms with Gasteiger partial charge in [-0.3, -0.25) is 0 Å². The normalized spacial score (nSPS) is 24.5. The van der Waals surface area contributed by atoms with Crippen molar-refractivity contribution in [1.82, 2.24) is 9.21 Å². The van der Waals surface area contributed by atoms with Crippen LogP contribution in [0.4, 0.5) is 0 Å². The van der Waals surface area contributed by atoms with Crippen molar-refractivity contribution < 1.29 is 17.9 Å². The molecular formula is C19H26N2O4S. The number of nitrogens with zero attached hydrogens (tertiary/aromatic N) is 2. The molecule has 2 aliphatic heterocycles. The molecule has 0 aromatic heterocycles. The Morgan fingerprint density at radius 1 is 1.00 bits per heavy atom. The van der Waals surface area contributed by atoms with Gasteiger partial charge in [0.15, 0.2) is 11.5 Å². The lowest BCUT2D eigenvalue weighted by Gasteiger charge is -2.36. The molecule has 1 aliphatic carbocycles. The summed E-state index contributed by atoms with van der Waals surface area (Å²) in [6.07, 6.45) is 8.09. The molecular weight excluding hydrogens is 352 g/mol. The maximum Gasteiger partial charge on any atom is 0.243 e. The van der Waals surface area contributed by atoms with Gasteiger partial charge in [0.25, 0.3) is 0 Å². The highest BCUT2D eigenvalue weighted by Crippen LogP contribution is 2.33. The molecule has 1 aromatic carbocycles. The smallest absolute Gasteiger partial charge is 0.243 e. The van der Waals surface area contributed by atoms with Crippen LogP contribution in [0.1, 0.15) is 19.3 Å². The third-order valence-corrected chi connectivity index (χ3v) is 7.27. The fraction of sp³-hybridized carbons (Fsp3) is 0.579. The van der Waals surface area contributed by atoms with E-state index in [1.54, 1.807) is 22.5 Å². The van der Waals surface area contributed by atoms with Gasteiger partial charge in [0, 0.05) is 38.8 Å². The molecule has 3 aliphatic rings. The molecule has 6 nitrogen and oxygen atoms in total. The summed E-state index contributed by atoms with van der Waals surface area (Å²) < 4.78 is 38.5. The van der Waals surface area contributed by atoms with Crippen molar-refractivity contribution in [2.45, 2.75) is 24.2 Å². The number of piperazine rings is 1. The molecule has 142 valence electrons. The first kappa shape index (κ1) is 17.8. The SMILES string of the molecule is O=S(=O)(c1ccc2c(c1)OCCO2)N1CCN(CC2CC=CCC2)CC1. The Morgan fingerprint density at radius 3 is 2.50 bits per heavy atom. The fourth-order valence-electron chi connectivity index (χ4n) is 3.87. The standard InChI is InChI=1S/C19H26N2O4S/c22-26(23,17-6-7-18-19(14-17)25-13-12-24-18)21-10-8-20(9-11-21)15-16-4-2-1-3-5-16/h1-2,6-7,14,16H,3-5,8-13,15H2. The van der Waals surface area contributed by atoms with Crippen LogP contribution in [0.15, 0.2) is 35.2 Å². The van der Waals surface area contributed by atoms with Crippen molar-refractivity contribution in [3.63, 3.8) is 0 Å². The van der Waals surface area contributed by atoms with Gasteiger partial charge in [0.2, 0.25) is 10.0 Å². The summed E-state index contributed by atoms with van der Waals surface area (Å²) in [5, 5.41) is 0. The van der Waals surface area contributed by atoms with E-state index in [4.69, 9.17) is 9.47 Å². The highest BCUT2D eigenvalue weighted by Gasteiger charge is 2.30. The number of allylic oxidation sites excluding steroid dienone is 2. The molecule has 0 radical (unpaired) electrons. The van der Waals surface area contributed by atoms with E-state index in [0.717, 1.165) is 26.1 Å².